The number of hydrogen-bond donors (Lipinski definition) is 3. The van der Waals surface area contributed by atoms with E-state index in [0.29, 0.717) is 23.7 Å². The fraction of sp³-hybridized carbons (Fsp3) is 0.182. The van der Waals surface area contributed by atoms with Gasteiger partial charge in [-0.1, -0.05) is 0 Å². The summed E-state index contributed by atoms with van der Waals surface area (Å²) in [7, 11) is 0. The molecule has 5 nitrogen and oxygen atoms in total. The Bertz CT molecular complexity index is 512. The van der Waals surface area contributed by atoms with E-state index in [0.717, 1.165) is 0 Å². The minimum atomic E-state index is -0.398. The Morgan fingerprint density at radius 3 is 2.82 bits per heavy atom. The molecule has 0 spiro atoms. The zero-order valence-corrected chi connectivity index (χ0v) is 9.10. The molecule has 0 aliphatic heterocycles. The highest BCUT2D eigenvalue weighted by Crippen LogP contribution is 2.18. The number of nitrogens with one attached hydrogen (secondary N) is 1. The topological polar surface area (TPSA) is 76.1 Å². The number of rotatable bonds is 4. The molecule has 1 heterocycles. The van der Waals surface area contributed by atoms with Gasteiger partial charge in [0.1, 0.15) is 11.6 Å². The third-order valence-electron chi connectivity index (χ3n) is 2.25. The first-order valence-corrected chi connectivity index (χ1v) is 5.16. The SMILES string of the molecule is Nc1ccn(-c2ccc(NCCO)c(F)c2)n1. The highest BCUT2D eigenvalue weighted by molar-refractivity contribution is 5.50. The van der Waals surface area contributed by atoms with Crippen molar-refractivity contribution in [3.63, 3.8) is 0 Å². The predicted octanol–water partition coefficient (Wildman–Crippen LogP) is 0.998. The number of aliphatic hydroxyl groups is 1. The zero-order chi connectivity index (χ0) is 12.3. The standard InChI is InChI=1S/C11H13FN4O/c12-9-7-8(16-5-3-11(13)15-16)1-2-10(9)14-4-6-17/h1-3,5,7,14,17H,4,6H2,(H2,13,15). The number of benzene rings is 1. The van der Waals surface area contributed by atoms with E-state index in [1.165, 1.54) is 10.7 Å². The fourth-order valence-corrected chi connectivity index (χ4v) is 1.46. The second-order valence-corrected chi connectivity index (χ2v) is 3.50. The summed E-state index contributed by atoms with van der Waals surface area (Å²) in [5.41, 5.74) is 6.43. The van der Waals surface area contributed by atoms with Gasteiger partial charge in [-0.15, -0.1) is 0 Å². The lowest BCUT2D eigenvalue weighted by Gasteiger charge is -2.07. The maximum atomic E-state index is 13.6. The lowest BCUT2D eigenvalue weighted by molar-refractivity contribution is 0.311. The molecular weight excluding hydrogens is 223 g/mol. The number of nitrogens with zero attached hydrogens (tertiary/aromatic N) is 2. The highest BCUT2D eigenvalue weighted by atomic mass is 19.1. The van der Waals surface area contributed by atoms with Crippen LogP contribution in [0.15, 0.2) is 30.5 Å². The Morgan fingerprint density at radius 1 is 1.41 bits per heavy atom. The van der Waals surface area contributed by atoms with Gasteiger partial charge in [-0.3, -0.25) is 0 Å². The smallest absolute Gasteiger partial charge is 0.148 e. The number of aromatic nitrogens is 2. The fourth-order valence-electron chi connectivity index (χ4n) is 1.46. The molecule has 1 aromatic heterocycles. The molecule has 0 radical (unpaired) electrons. The van der Waals surface area contributed by atoms with Gasteiger partial charge in [0.05, 0.1) is 18.0 Å². The summed E-state index contributed by atoms with van der Waals surface area (Å²) in [6.07, 6.45) is 1.66. The van der Waals surface area contributed by atoms with E-state index in [-0.39, 0.29) is 6.61 Å². The van der Waals surface area contributed by atoms with Gasteiger partial charge < -0.3 is 16.2 Å². The highest BCUT2D eigenvalue weighted by Gasteiger charge is 2.05. The Morgan fingerprint density at radius 2 is 2.24 bits per heavy atom. The number of hydrogen-bond acceptors (Lipinski definition) is 4. The monoisotopic (exact) mass is 236 g/mol. The van der Waals surface area contributed by atoms with Crippen molar-refractivity contribution in [3.05, 3.63) is 36.3 Å². The third-order valence-corrected chi connectivity index (χ3v) is 2.25. The molecule has 2 aromatic rings. The van der Waals surface area contributed by atoms with E-state index in [9.17, 15) is 4.39 Å². The maximum absolute atomic E-state index is 13.6. The van der Waals surface area contributed by atoms with Crippen LogP contribution < -0.4 is 11.1 Å². The van der Waals surface area contributed by atoms with Crippen LogP contribution in [0.2, 0.25) is 0 Å². The molecule has 1 aromatic carbocycles. The maximum Gasteiger partial charge on any atom is 0.148 e. The number of aliphatic hydroxyl groups excluding tert-OH is 1. The van der Waals surface area contributed by atoms with Gasteiger partial charge in [0.15, 0.2) is 0 Å². The number of nitrogen functional groups attached to an aromatic ring is 1. The zero-order valence-electron chi connectivity index (χ0n) is 9.10. The molecule has 0 atom stereocenters. The molecule has 2 rings (SSSR count). The Hall–Kier alpha value is -2.08. The summed E-state index contributed by atoms with van der Waals surface area (Å²) in [5, 5.41) is 15.4. The Kier molecular flexibility index (Phi) is 3.24. The molecule has 0 fully saturated rings. The van der Waals surface area contributed by atoms with Crippen LogP contribution in [0.5, 0.6) is 0 Å². The molecule has 0 saturated heterocycles. The Balaban J connectivity index is 2.24. The molecule has 0 aliphatic rings. The summed E-state index contributed by atoms with van der Waals surface area (Å²) in [6.45, 7) is 0.266. The van der Waals surface area contributed by atoms with Crippen molar-refractivity contribution < 1.29 is 9.50 Å². The Labute approximate surface area is 97.7 Å². The first-order valence-electron chi connectivity index (χ1n) is 5.16. The van der Waals surface area contributed by atoms with Crippen molar-refractivity contribution >= 4 is 11.5 Å². The normalized spacial score (nSPS) is 10.5. The summed E-state index contributed by atoms with van der Waals surface area (Å²) in [4.78, 5) is 0. The van der Waals surface area contributed by atoms with Crippen molar-refractivity contribution in [2.75, 3.05) is 24.2 Å². The molecule has 4 N–H and O–H groups in total. The van der Waals surface area contributed by atoms with Crippen molar-refractivity contribution in [3.8, 4) is 5.69 Å². The number of anilines is 2. The van der Waals surface area contributed by atoms with Gasteiger partial charge in [-0.2, -0.15) is 5.10 Å². The van der Waals surface area contributed by atoms with Gasteiger partial charge in [0.2, 0.25) is 0 Å². The van der Waals surface area contributed by atoms with Crippen LogP contribution in [0, 0.1) is 5.82 Å². The van der Waals surface area contributed by atoms with Crippen LogP contribution in [0.3, 0.4) is 0 Å². The van der Waals surface area contributed by atoms with Crippen LogP contribution in [0.4, 0.5) is 15.9 Å². The van der Waals surface area contributed by atoms with Gasteiger partial charge >= 0.3 is 0 Å². The van der Waals surface area contributed by atoms with Gasteiger partial charge in [-0.25, -0.2) is 9.07 Å². The van der Waals surface area contributed by atoms with E-state index >= 15 is 0 Å². The van der Waals surface area contributed by atoms with Gasteiger partial charge in [0.25, 0.3) is 0 Å². The second-order valence-electron chi connectivity index (χ2n) is 3.50. The van der Waals surface area contributed by atoms with Crippen molar-refractivity contribution in [1.82, 2.24) is 9.78 Å². The molecule has 0 amide bonds. The third kappa shape index (κ3) is 2.54. The van der Waals surface area contributed by atoms with Crippen LogP contribution in [0.1, 0.15) is 0 Å². The molecule has 90 valence electrons. The number of nitrogens with two attached hydrogens (primary N) is 1. The molecular formula is C11H13FN4O. The van der Waals surface area contributed by atoms with Gasteiger partial charge in [-0.05, 0) is 12.1 Å². The van der Waals surface area contributed by atoms with Crippen LogP contribution >= 0.6 is 0 Å². The lowest BCUT2D eigenvalue weighted by Crippen LogP contribution is -2.07. The summed E-state index contributed by atoms with van der Waals surface area (Å²) >= 11 is 0. The average molecular weight is 236 g/mol. The molecule has 6 heteroatoms. The first kappa shape index (κ1) is 11.4. The van der Waals surface area contributed by atoms with E-state index in [2.05, 4.69) is 10.4 Å². The van der Waals surface area contributed by atoms with Crippen molar-refractivity contribution in [1.29, 1.82) is 0 Å². The predicted molar refractivity (Wildman–Crippen MR) is 63.5 cm³/mol. The van der Waals surface area contributed by atoms with E-state index < -0.39 is 5.82 Å². The van der Waals surface area contributed by atoms with E-state index in [1.54, 1.807) is 24.4 Å². The molecule has 0 saturated carbocycles. The summed E-state index contributed by atoms with van der Waals surface area (Å²) in [5.74, 6) is -0.0158. The van der Waals surface area contributed by atoms with Crippen LogP contribution in [-0.4, -0.2) is 28.0 Å². The quantitative estimate of drug-likeness (QED) is 0.740. The van der Waals surface area contributed by atoms with Crippen molar-refractivity contribution in [2.24, 2.45) is 0 Å². The van der Waals surface area contributed by atoms with E-state index in [1.807, 2.05) is 0 Å². The number of halogens is 1. The van der Waals surface area contributed by atoms with Crippen molar-refractivity contribution in [2.45, 2.75) is 0 Å². The largest absolute Gasteiger partial charge is 0.395 e. The van der Waals surface area contributed by atoms with Crippen LogP contribution in [0.25, 0.3) is 5.69 Å². The van der Waals surface area contributed by atoms with Crippen LogP contribution in [-0.2, 0) is 0 Å². The summed E-state index contributed by atoms with van der Waals surface area (Å²) < 4.78 is 15.1. The minimum Gasteiger partial charge on any atom is -0.395 e. The van der Waals surface area contributed by atoms with E-state index in [4.69, 9.17) is 10.8 Å². The minimum absolute atomic E-state index is 0.0448. The second kappa shape index (κ2) is 4.84. The molecule has 0 aliphatic carbocycles. The molecule has 0 bridgehead atoms. The molecule has 17 heavy (non-hydrogen) atoms. The lowest BCUT2D eigenvalue weighted by atomic mass is 10.2. The average Bonchev–Trinajstić information content (AvgIpc) is 2.74. The molecule has 0 unspecified atom stereocenters. The van der Waals surface area contributed by atoms with Gasteiger partial charge in [0, 0.05) is 24.9 Å². The first-order chi connectivity index (χ1) is 8.20. The summed E-state index contributed by atoms with van der Waals surface area (Å²) in [6, 6.07) is 6.30.